The third-order valence-corrected chi connectivity index (χ3v) is 3.41. The summed E-state index contributed by atoms with van der Waals surface area (Å²) in [4.78, 5) is 11.2. The second-order valence-corrected chi connectivity index (χ2v) is 4.85. The van der Waals surface area contributed by atoms with Gasteiger partial charge in [0, 0.05) is 19.2 Å². The lowest BCUT2D eigenvalue weighted by atomic mass is 9.90. The van der Waals surface area contributed by atoms with Crippen LogP contribution in [0.1, 0.15) is 46.5 Å². The minimum atomic E-state index is -0.120. The molecule has 0 aromatic heterocycles. The number of hydrogen-bond acceptors (Lipinski definition) is 4. The fourth-order valence-electron chi connectivity index (χ4n) is 2.16. The highest BCUT2D eigenvalue weighted by molar-refractivity contribution is 5.69. The van der Waals surface area contributed by atoms with Crippen LogP contribution in [0.15, 0.2) is 0 Å². The second kappa shape index (κ2) is 6.97. The van der Waals surface area contributed by atoms with E-state index in [9.17, 15) is 4.79 Å². The third-order valence-electron chi connectivity index (χ3n) is 3.41. The number of rotatable bonds is 6. The zero-order chi connectivity index (χ0) is 12.7. The van der Waals surface area contributed by atoms with E-state index in [4.69, 9.17) is 9.47 Å². The average Bonchev–Trinajstić information content (AvgIpc) is 2.30. The molecule has 1 fully saturated rings. The smallest absolute Gasteiger partial charge is 0.307 e. The number of nitrogens with one attached hydrogen (secondary N) is 1. The maximum Gasteiger partial charge on any atom is 0.307 e. The van der Waals surface area contributed by atoms with Gasteiger partial charge in [-0.05, 0) is 33.1 Å². The first kappa shape index (κ1) is 14.5. The number of carbonyl (C=O) groups is 1. The summed E-state index contributed by atoms with van der Waals surface area (Å²) in [6, 6.07) is 0.461. The number of ether oxygens (including phenoxy) is 2. The maximum atomic E-state index is 11.2. The quantitative estimate of drug-likeness (QED) is 0.724. The van der Waals surface area contributed by atoms with Gasteiger partial charge >= 0.3 is 5.97 Å². The van der Waals surface area contributed by atoms with Crippen molar-refractivity contribution in [2.45, 2.75) is 58.1 Å². The zero-order valence-electron chi connectivity index (χ0n) is 11.3. The molecule has 0 spiro atoms. The molecule has 0 saturated carbocycles. The molecule has 1 saturated heterocycles. The summed E-state index contributed by atoms with van der Waals surface area (Å²) < 4.78 is 10.7. The van der Waals surface area contributed by atoms with Gasteiger partial charge in [-0.15, -0.1) is 0 Å². The first-order valence-electron chi connectivity index (χ1n) is 6.62. The third kappa shape index (κ3) is 5.04. The van der Waals surface area contributed by atoms with Crippen LogP contribution in [-0.4, -0.2) is 37.4 Å². The molecule has 4 nitrogen and oxygen atoms in total. The average molecular weight is 243 g/mol. The highest BCUT2D eigenvalue weighted by Crippen LogP contribution is 2.27. The van der Waals surface area contributed by atoms with Gasteiger partial charge in [0.05, 0.1) is 18.6 Å². The van der Waals surface area contributed by atoms with Crippen LogP contribution in [0.3, 0.4) is 0 Å². The monoisotopic (exact) mass is 243 g/mol. The van der Waals surface area contributed by atoms with E-state index in [2.05, 4.69) is 19.2 Å². The van der Waals surface area contributed by atoms with Crippen LogP contribution in [0.5, 0.6) is 0 Å². The van der Waals surface area contributed by atoms with Gasteiger partial charge in [0.1, 0.15) is 0 Å². The molecule has 2 unspecified atom stereocenters. The number of hydrogen-bond donors (Lipinski definition) is 1. The van der Waals surface area contributed by atoms with E-state index in [0.29, 0.717) is 25.6 Å². The summed E-state index contributed by atoms with van der Waals surface area (Å²) in [5, 5.41) is 3.42. The minimum Gasteiger partial charge on any atom is -0.466 e. The van der Waals surface area contributed by atoms with Gasteiger partial charge in [-0.25, -0.2) is 0 Å². The Labute approximate surface area is 104 Å². The van der Waals surface area contributed by atoms with E-state index in [-0.39, 0.29) is 11.6 Å². The van der Waals surface area contributed by atoms with Crippen molar-refractivity contribution in [2.24, 2.45) is 0 Å². The van der Waals surface area contributed by atoms with Crippen LogP contribution < -0.4 is 5.32 Å². The lowest BCUT2D eigenvalue weighted by Gasteiger charge is -2.38. The minimum absolute atomic E-state index is 0.000155. The van der Waals surface area contributed by atoms with Gasteiger partial charge in [0.25, 0.3) is 0 Å². The highest BCUT2D eigenvalue weighted by Gasteiger charge is 2.31. The molecular formula is C13H25NO3. The second-order valence-electron chi connectivity index (χ2n) is 4.85. The van der Waals surface area contributed by atoms with Crippen LogP contribution in [0, 0.1) is 0 Å². The highest BCUT2D eigenvalue weighted by atomic mass is 16.5. The molecule has 0 aromatic carbocycles. The fraction of sp³-hybridized carbons (Fsp3) is 0.923. The Morgan fingerprint density at radius 1 is 1.53 bits per heavy atom. The summed E-state index contributed by atoms with van der Waals surface area (Å²) >= 11 is 0. The Bertz CT molecular complexity index is 245. The van der Waals surface area contributed by atoms with Gasteiger partial charge in [-0.1, -0.05) is 6.92 Å². The lowest BCUT2D eigenvalue weighted by Crippen LogP contribution is -2.45. The Morgan fingerprint density at radius 2 is 2.29 bits per heavy atom. The summed E-state index contributed by atoms with van der Waals surface area (Å²) in [5.74, 6) is -0.120. The molecule has 0 amide bonds. The molecule has 1 heterocycles. The normalized spacial score (nSPS) is 29.0. The molecule has 100 valence electrons. The molecule has 0 aliphatic carbocycles. The molecule has 17 heavy (non-hydrogen) atoms. The van der Waals surface area contributed by atoms with E-state index in [1.807, 2.05) is 6.92 Å². The number of carbonyl (C=O) groups excluding carboxylic acids is 1. The maximum absolute atomic E-state index is 11.2. The molecule has 4 heteroatoms. The molecule has 1 aliphatic heterocycles. The van der Waals surface area contributed by atoms with E-state index in [1.54, 1.807) is 0 Å². The largest absolute Gasteiger partial charge is 0.466 e. The summed E-state index contributed by atoms with van der Waals surface area (Å²) in [5.41, 5.74) is -0.000155. The van der Waals surface area contributed by atoms with Crippen LogP contribution >= 0.6 is 0 Å². The molecule has 0 bridgehead atoms. The molecule has 1 N–H and O–H groups in total. The lowest BCUT2D eigenvalue weighted by molar-refractivity contribution is -0.143. The van der Waals surface area contributed by atoms with Crippen molar-refractivity contribution in [1.29, 1.82) is 0 Å². The fourth-order valence-corrected chi connectivity index (χ4v) is 2.16. The first-order chi connectivity index (χ1) is 8.09. The predicted molar refractivity (Wildman–Crippen MR) is 66.9 cm³/mol. The predicted octanol–water partition coefficient (Wildman–Crippen LogP) is 1.88. The van der Waals surface area contributed by atoms with Crippen molar-refractivity contribution in [1.82, 2.24) is 5.32 Å². The van der Waals surface area contributed by atoms with Crippen LogP contribution in [-0.2, 0) is 14.3 Å². The Morgan fingerprint density at radius 3 is 2.94 bits per heavy atom. The van der Waals surface area contributed by atoms with Crippen molar-refractivity contribution < 1.29 is 14.3 Å². The molecule has 2 atom stereocenters. The topological polar surface area (TPSA) is 47.6 Å². The van der Waals surface area contributed by atoms with E-state index >= 15 is 0 Å². The standard InChI is InChI=1S/C13H25NO3/c1-4-13(3)10-11(7-9-17-13)14-8-6-12(15)16-5-2/h11,14H,4-10H2,1-3H3. The summed E-state index contributed by atoms with van der Waals surface area (Å²) in [6.07, 6.45) is 3.53. The number of esters is 1. The van der Waals surface area contributed by atoms with Crippen molar-refractivity contribution in [2.75, 3.05) is 19.8 Å². The SMILES string of the molecule is CCOC(=O)CCNC1CCOC(C)(CC)C1. The molecule has 0 radical (unpaired) electrons. The zero-order valence-corrected chi connectivity index (χ0v) is 11.3. The first-order valence-corrected chi connectivity index (χ1v) is 6.62. The van der Waals surface area contributed by atoms with Gasteiger partial charge in [0.15, 0.2) is 0 Å². The molecule has 1 rings (SSSR count). The Kier molecular flexibility index (Phi) is 5.92. The van der Waals surface area contributed by atoms with Crippen molar-refractivity contribution in [3.63, 3.8) is 0 Å². The van der Waals surface area contributed by atoms with E-state index < -0.39 is 0 Å². The van der Waals surface area contributed by atoms with Crippen LogP contribution in [0.4, 0.5) is 0 Å². The van der Waals surface area contributed by atoms with Gasteiger partial charge in [-0.2, -0.15) is 0 Å². The summed E-state index contributed by atoms with van der Waals surface area (Å²) in [7, 11) is 0. The van der Waals surface area contributed by atoms with Crippen LogP contribution in [0.25, 0.3) is 0 Å². The molecule has 0 aromatic rings. The van der Waals surface area contributed by atoms with Crippen LogP contribution in [0.2, 0.25) is 0 Å². The van der Waals surface area contributed by atoms with Gasteiger partial charge in [0.2, 0.25) is 0 Å². The Hall–Kier alpha value is -0.610. The summed E-state index contributed by atoms with van der Waals surface area (Å²) in [6.45, 7) is 8.11. The molecular weight excluding hydrogens is 218 g/mol. The van der Waals surface area contributed by atoms with Gasteiger partial charge < -0.3 is 14.8 Å². The van der Waals surface area contributed by atoms with E-state index in [0.717, 1.165) is 25.9 Å². The van der Waals surface area contributed by atoms with Gasteiger partial charge in [-0.3, -0.25) is 4.79 Å². The van der Waals surface area contributed by atoms with Crippen molar-refractivity contribution >= 4 is 5.97 Å². The van der Waals surface area contributed by atoms with Crippen molar-refractivity contribution in [3.05, 3.63) is 0 Å². The molecule has 1 aliphatic rings. The Balaban J connectivity index is 2.21. The van der Waals surface area contributed by atoms with Crippen molar-refractivity contribution in [3.8, 4) is 0 Å². The van der Waals surface area contributed by atoms with E-state index in [1.165, 1.54) is 0 Å².